The maximum atomic E-state index is 12.1. The van der Waals surface area contributed by atoms with Crippen LogP contribution in [0.2, 0.25) is 0 Å². The lowest BCUT2D eigenvalue weighted by atomic mass is 10.2. The molecular weight excluding hydrogens is 430 g/mol. The van der Waals surface area contributed by atoms with Gasteiger partial charge in [-0.05, 0) is 19.1 Å². The molecule has 0 atom stereocenters. The molecule has 0 unspecified atom stereocenters. The predicted octanol–water partition coefficient (Wildman–Crippen LogP) is 3.09. The number of amides is 1. The highest BCUT2D eigenvalue weighted by Crippen LogP contribution is 2.40. The van der Waals surface area contributed by atoms with Crippen LogP contribution in [0.15, 0.2) is 12.1 Å². The van der Waals surface area contributed by atoms with E-state index in [2.05, 4.69) is 16.0 Å². The minimum Gasteiger partial charge on any atom is -0.494 e. The smallest absolute Gasteiger partial charge is 0.409 e. The van der Waals surface area contributed by atoms with Gasteiger partial charge in [0.15, 0.2) is 10.8 Å². The van der Waals surface area contributed by atoms with Gasteiger partial charge in [-0.3, -0.25) is 0 Å². The summed E-state index contributed by atoms with van der Waals surface area (Å²) in [4.78, 5) is 29.4. The van der Waals surface area contributed by atoms with E-state index < -0.39 is 0 Å². The third kappa shape index (κ3) is 3.88. The van der Waals surface area contributed by atoms with Gasteiger partial charge in [-0.15, -0.1) is 11.3 Å². The summed E-state index contributed by atoms with van der Waals surface area (Å²) in [6.45, 7) is 6.61. The molecule has 3 aromatic rings. The Morgan fingerprint density at radius 1 is 1.19 bits per heavy atom. The Bertz CT molecular complexity index is 1100. The third-order valence-corrected chi connectivity index (χ3v) is 6.99. The van der Waals surface area contributed by atoms with Crippen LogP contribution in [0.3, 0.4) is 0 Å². The molecule has 9 nitrogen and oxygen atoms in total. The second kappa shape index (κ2) is 8.95. The molecule has 5 rings (SSSR count). The number of methoxy groups -OCH3 is 1. The van der Waals surface area contributed by atoms with Crippen LogP contribution in [-0.4, -0.2) is 79.1 Å². The molecule has 0 bridgehead atoms. The largest absolute Gasteiger partial charge is 0.494 e. The van der Waals surface area contributed by atoms with E-state index in [1.807, 2.05) is 13.0 Å². The lowest BCUT2D eigenvalue weighted by Crippen LogP contribution is -2.36. The number of hydrogen-bond donors (Lipinski definition) is 1. The Morgan fingerprint density at radius 2 is 2.00 bits per heavy atom. The summed E-state index contributed by atoms with van der Waals surface area (Å²) in [5.74, 6) is 1.54. The number of anilines is 1. The van der Waals surface area contributed by atoms with Crippen molar-refractivity contribution in [2.24, 2.45) is 0 Å². The molecule has 2 aliphatic rings. The van der Waals surface area contributed by atoms with E-state index in [4.69, 9.17) is 24.2 Å². The van der Waals surface area contributed by atoms with E-state index in [0.29, 0.717) is 32.5 Å². The second-order valence-corrected chi connectivity index (χ2v) is 8.78. The predicted molar refractivity (Wildman–Crippen MR) is 123 cm³/mol. The number of thiazole rings is 1. The number of H-pyrrole nitrogens is 1. The zero-order chi connectivity index (χ0) is 22.1. The Kier molecular flexibility index (Phi) is 5.88. The Labute approximate surface area is 190 Å². The number of morpholine rings is 1. The van der Waals surface area contributed by atoms with Crippen molar-refractivity contribution < 1.29 is 19.0 Å². The summed E-state index contributed by atoms with van der Waals surface area (Å²) in [5.41, 5.74) is 4.07. The fraction of sp³-hybridized carbons (Fsp3) is 0.500. The minimum atomic E-state index is -0.258. The average Bonchev–Trinajstić information content (AvgIpc) is 3.39. The van der Waals surface area contributed by atoms with Crippen LogP contribution < -0.4 is 9.64 Å². The summed E-state index contributed by atoms with van der Waals surface area (Å²) in [6, 6.07) is 4.09. The van der Waals surface area contributed by atoms with Crippen LogP contribution in [0, 0.1) is 0 Å². The van der Waals surface area contributed by atoms with Gasteiger partial charge in [0.25, 0.3) is 0 Å². The van der Waals surface area contributed by atoms with Gasteiger partial charge in [-0.1, -0.05) is 0 Å². The third-order valence-electron chi connectivity index (χ3n) is 5.90. The average molecular weight is 458 g/mol. The quantitative estimate of drug-likeness (QED) is 0.644. The molecule has 0 saturated carbocycles. The Balaban J connectivity index is 1.45. The van der Waals surface area contributed by atoms with Crippen molar-refractivity contribution in [1.29, 1.82) is 0 Å². The number of aromatic amines is 1. The Hall–Kier alpha value is -2.85. The molecule has 2 aliphatic heterocycles. The van der Waals surface area contributed by atoms with Gasteiger partial charge in [0.1, 0.15) is 11.3 Å². The number of fused-ring (bicyclic) bond motifs is 2. The number of nitrogens with zero attached hydrogens (tertiary/aromatic N) is 4. The maximum absolute atomic E-state index is 12.1. The normalized spacial score (nSPS) is 16.7. The van der Waals surface area contributed by atoms with Gasteiger partial charge in [0.05, 0.1) is 43.0 Å². The summed E-state index contributed by atoms with van der Waals surface area (Å²) < 4.78 is 17.4. The summed E-state index contributed by atoms with van der Waals surface area (Å²) in [6.07, 6.45) is 1.15. The van der Waals surface area contributed by atoms with E-state index >= 15 is 0 Å². The lowest BCUT2D eigenvalue weighted by molar-refractivity contribution is 0.109. The molecule has 1 fully saturated rings. The molecule has 1 saturated heterocycles. The molecular formula is C22H27N5O4S. The van der Waals surface area contributed by atoms with Crippen LogP contribution in [0.25, 0.3) is 21.0 Å². The molecule has 10 heteroatoms. The molecule has 2 aromatic heterocycles. The fourth-order valence-corrected chi connectivity index (χ4v) is 5.31. The number of carbonyl (C=O) groups excluding carboxylic acids is 1. The molecule has 4 heterocycles. The van der Waals surface area contributed by atoms with Gasteiger partial charge < -0.3 is 29.0 Å². The maximum Gasteiger partial charge on any atom is 0.409 e. The number of carbonyl (C=O) groups is 1. The number of aromatic nitrogens is 3. The Morgan fingerprint density at radius 3 is 2.78 bits per heavy atom. The number of ether oxygens (including phenoxy) is 3. The SMILES string of the molecule is CCOC(=O)N1CCc2nc(-c3nc4c(OC)ccc(N5CCOCC5)c4s3)[nH]c2CC1. The first kappa shape index (κ1) is 21.0. The highest BCUT2D eigenvalue weighted by atomic mass is 32.1. The topological polar surface area (TPSA) is 92.8 Å². The van der Waals surface area contributed by atoms with Gasteiger partial charge in [0.2, 0.25) is 0 Å². The lowest BCUT2D eigenvalue weighted by Gasteiger charge is -2.29. The number of imidazole rings is 1. The first-order valence-electron chi connectivity index (χ1n) is 11.0. The number of hydrogen-bond acceptors (Lipinski definition) is 8. The highest BCUT2D eigenvalue weighted by Gasteiger charge is 2.24. The van der Waals surface area contributed by atoms with Crippen molar-refractivity contribution in [2.75, 3.05) is 58.0 Å². The molecule has 1 N–H and O–H groups in total. The van der Waals surface area contributed by atoms with E-state index in [1.165, 1.54) is 0 Å². The van der Waals surface area contributed by atoms with Crippen molar-refractivity contribution in [1.82, 2.24) is 19.9 Å². The van der Waals surface area contributed by atoms with Crippen LogP contribution in [0.5, 0.6) is 5.75 Å². The summed E-state index contributed by atoms with van der Waals surface area (Å²) >= 11 is 1.63. The van der Waals surface area contributed by atoms with Crippen LogP contribution in [-0.2, 0) is 22.3 Å². The first-order chi connectivity index (χ1) is 15.7. The van der Waals surface area contributed by atoms with Gasteiger partial charge in [-0.2, -0.15) is 0 Å². The van der Waals surface area contributed by atoms with Crippen LogP contribution in [0.4, 0.5) is 10.5 Å². The molecule has 0 radical (unpaired) electrons. The van der Waals surface area contributed by atoms with E-state index in [-0.39, 0.29) is 6.09 Å². The van der Waals surface area contributed by atoms with Crippen molar-refractivity contribution >= 4 is 33.3 Å². The molecule has 0 aliphatic carbocycles. The molecule has 1 aromatic carbocycles. The summed E-state index contributed by atoms with van der Waals surface area (Å²) in [5, 5.41) is 0.842. The van der Waals surface area contributed by atoms with Gasteiger partial charge >= 0.3 is 6.09 Å². The van der Waals surface area contributed by atoms with Crippen molar-refractivity contribution in [3.8, 4) is 16.6 Å². The van der Waals surface area contributed by atoms with Crippen LogP contribution >= 0.6 is 11.3 Å². The van der Waals surface area contributed by atoms with E-state index in [0.717, 1.165) is 70.2 Å². The molecule has 1 amide bonds. The van der Waals surface area contributed by atoms with Gasteiger partial charge in [0, 0.05) is 44.7 Å². The number of benzene rings is 1. The second-order valence-electron chi connectivity index (χ2n) is 7.78. The molecule has 32 heavy (non-hydrogen) atoms. The molecule has 0 spiro atoms. The van der Waals surface area contributed by atoms with Gasteiger partial charge in [-0.25, -0.2) is 14.8 Å². The highest BCUT2D eigenvalue weighted by molar-refractivity contribution is 7.22. The molecule has 170 valence electrons. The van der Waals surface area contributed by atoms with Crippen molar-refractivity contribution in [3.63, 3.8) is 0 Å². The van der Waals surface area contributed by atoms with E-state index in [1.54, 1.807) is 23.3 Å². The minimum absolute atomic E-state index is 0.258. The van der Waals surface area contributed by atoms with Crippen LogP contribution in [0.1, 0.15) is 18.3 Å². The van der Waals surface area contributed by atoms with E-state index in [9.17, 15) is 4.79 Å². The van der Waals surface area contributed by atoms with Crippen molar-refractivity contribution in [3.05, 3.63) is 23.5 Å². The fourth-order valence-electron chi connectivity index (χ4n) is 4.25. The number of rotatable bonds is 4. The zero-order valence-corrected chi connectivity index (χ0v) is 19.2. The number of nitrogens with one attached hydrogen (secondary N) is 1. The summed E-state index contributed by atoms with van der Waals surface area (Å²) in [7, 11) is 1.67. The zero-order valence-electron chi connectivity index (χ0n) is 18.3. The van der Waals surface area contributed by atoms with Crippen molar-refractivity contribution in [2.45, 2.75) is 19.8 Å². The first-order valence-corrected chi connectivity index (χ1v) is 11.8. The monoisotopic (exact) mass is 457 g/mol. The standard InChI is InChI=1S/C22H27N5O4S/c1-3-31-22(28)27-8-6-14-15(7-9-27)24-20(23-14)21-25-18-17(29-2)5-4-16(19(18)32-21)26-10-12-30-13-11-26/h4-5H,3,6-13H2,1-2H3,(H,23,24).